The van der Waals surface area contributed by atoms with E-state index in [0.29, 0.717) is 23.4 Å². The topological polar surface area (TPSA) is 67.8 Å². The summed E-state index contributed by atoms with van der Waals surface area (Å²) < 4.78 is 40.8. The lowest BCUT2D eigenvalue weighted by Gasteiger charge is -2.13. The molecule has 0 aliphatic heterocycles. The van der Waals surface area contributed by atoms with Crippen LogP contribution in [0.2, 0.25) is 0 Å². The number of halogens is 3. The Bertz CT molecular complexity index is 815. The number of nitrogens with one attached hydrogen (secondary N) is 1. The molecule has 5 nitrogen and oxygen atoms in total. The molecule has 26 heavy (non-hydrogen) atoms. The van der Waals surface area contributed by atoms with E-state index in [0.717, 1.165) is 5.56 Å². The molecule has 136 valence electrons. The Morgan fingerprint density at radius 2 is 1.73 bits per heavy atom. The van der Waals surface area contributed by atoms with Crippen LogP contribution in [0.25, 0.3) is 0 Å². The molecule has 0 radical (unpaired) electrons. The summed E-state index contributed by atoms with van der Waals surface area (Å²) >= 11 is 0. The number of ether oxygens (including phenoxy) is 1. The van der Waals surface area contributed by atoms with E-state index in [1.165, 1.54) is 6.08 Å². The Morgan fingerprint density at radius 3 is 2.42 bits per heavy atom. The Labute approximate surface area is 147 Å². The van der Waals surface area contributed by atoms with Gasteiger partial charge in [-0.05, 0) is 23.3 Å². The summed E-state index contributed by atoms with van der Waals surface area (Å²) in [5.41, 5.74) is 2.27. The molecule has 0 aliphatic rings. The number of alkyl halides is 3. The van der Waals surface area contributed by atoms with E-state index in [-0.39, 0.29) is 0 Å². The van der Waals surface area contributed by atoms with Gasteiger partial charge in [-0.25, -0.2) is 9.59 Å². The van der Waals surface area contributed by atoms with E-state index in [9.17, 15) is 22.8 Å². The number of rotatable bonds is 6. The van der Waals surface area contributed by atoms with Crippen LogP contribution in [0.5, 0.6) is 0 Å². The number of carbonyl (C=O) groups is 1. The molecule has 0 saturated heterocycles. The smallest absolute Gasteiger partial charge is 0.411 e. The number of carbonyl (C=O) groups excluding carboxylic acids is 2. The highest BCUT2D eigenvalue weighted by Gasteiger charge is 2.27. The molecule has 2 aromatic carbocycles. The summed E-state index contributed by atoms with van der Waals surface area (Å²) in [5.74, 6) is 0. The van der Waals surface area contributed by atoms with Gasteiger partial charge in [0.15, 0.2) is 0 Å². The zero-order valence-electron chi connectivity index (χ0n) is 13.5. The number of hydrogen-bond donors (Lipinski definition) is 1. The third-order valence-corrected chi connectivity index (χ3v) is 3.41. The predicted molar refractivity (Wildman–Crippen MR) is 89.1 cm³/mol. The molecule has 0 atom stereocenters. The molecule has 1 amide bonds. The highest BCUT2D eigenvalue weighted by atomic mass is 19.4. The van der Waals surface area contributed by atoms with Crippen molar-refractivity contribution in [1.29, 1.82) is 0 Å². The minimum absolute atomic E-state index is 0.348. The molecule has 0 bridgehead atoms. The van der Waals surface area contributed by atoms with Crippen LogP contribution < -0.4 is 5.32 Å². The molecular formula is C18H15F3N2O3. The lowest BCUT2D eigenvalue weighted by atomic mass is 10.0. The predicted octanol–water partition coefficient (Wildman–Crippen LogP) is 4.75. The first-order valence-electron chi connectivity index (χ1n) is 7.63. The van der Waals surface area contributed by atoms with Crippen molar-refractivity contribution in [3.05, 3.63) is 59.7 Å². The molecule has 1 N–H and O–H groups in total. The van der Waals surface area contributed by atoms with E-state index in [1.54, 1.807) is 48.5 Å². The molecule has 2 aromatic rings. The molecule has 0 unspecified atom stereocenters. The summed E-state index contributed by atoms with van der Waals surface area (Å²) in [5, 5.41) is 2.43. The quantitative estimate of drug-likeness (QED) is 0.594. The number of aliphatic imine (C=N–C) groups is 1. The maximum absolute atomic E-state index is 12.1. The van der Waals surface area contributed by atoms with Crippen molar-refractivity contribution in [3.8, 4) is 0 Å². The summed E-state index contributed by atoms with van der Waals surface area (Å²) in [7, 11) is 0. The first-order chi connectivity index (χ1) is 12.4. The minimum atomic E-state index is -4.39. The van der Waals surface area contributed by atoms with Crippen molar-refractivity contribution in [2.75, 3.05) is 11.9 Å². The van der Waals surface area contributed by atoms with Crippen molar-refractivity contribution < 1.29 is 27.5 Å². The van der Waals surface area contributed by atoms with Gasteiger partial charge in [-0.1, -0.05) is 36.4 Å². The van der Waals surface area contributed by atoms with Crippen LogP contribution in [0.4, 0.5) is 29.3 Å². The molecule has 8 heteroatoms. The lowest BCUT2D eigenvalue weighted by Crippen LogP contribution is -2.19. The van der Waals surface area contributed by atoms with Crippen molar-refractivity contribution in [2.45, 2.75) is 19.0 Å². The van der Waals surface area contributed by atoms with Gasteiger partial charge in [-0.2, -0.15) is 18.2 Å². The van der Waals surface area contributed by atoms with Gasteiger partial charge in [0.05, 0.1) is 12.1 Å². The zero-order chi connectivity index (χ0) is 19.0. The molecule has 0 heterocycles. The fraction of sp³-hybridized carbons (Fsp3) is 0.222. The average molecular weight is 364 g/mol. The standard InChI is InChI=1S/C18H15F3N2O3/c19-18(20,21)9-10-26-17(25)23-16-8-4-2-6-14(16)11-13-5-1-3-7-15(13)22-12-24/h1-8H,9-11H2,(H,23,25). The number of isocyanates is 1. The monoisotopic (exact) mass is 364 g/mol. The van der Waals surface area contributed by atoms with Crippen molar-refractivity contribution in [1.82, 2.24) is 0 Å². The van der Waals surface area contributed by atoms with E-state index in [4.69, 9.17) is 0 Å². The number of para-hydroxylation sites is 2. The van der Waals surface area contributed by atoms with Crippen molar-refractivity contribution >= 4 is 23.5 Å². The Balaban J connectivity index is 2.08. The molecular weight excluding hydrogens is 349 g/mol. The van der Waals surface area contributed by atoms with Gasteiger partial charge in [0, 0.05) is 12.1 Å². The highest BCUT2D eigenvalue weighted by molar-refractivity contribution is 5.85. The summed E-state index contributed by atoms with van der Waals surface area (Å²) in [6.45, 7) is -0.756. The third-order valence-electron chi connectivity index (χ3n) is 3.41. The third kappa shape index (κ3) is 6.07. The van der Waals surface area contributed by atoms with Gasteiger partial charge in [0.25, 0.3) is 0 Å². The number of amides is 1. The first-order valence-corrected chi connectivity index (χ1v) is 7.63. The van der Waals surface area contributed by atoms with Crippen LogP contribution in [0, 0.1) is 0 Å². The number of nitrogens with zero attached hydrogens (tertiary/aromatic N) is 1. The molecule has 2 rings (SSSR count). The van der Waals surface area contributed by atoms with Crippen molar-refractivity contribution in [3.63, 3.8) is 0 Å². The minimum Gasteiger partial charge on any atom is -0.449 e. The summed E-state index contributed by atoms with van der Waals surface area (Å²) in [4.78, 5) is 25.9. The Kier molecular flexibility index (Phi) is 6.52. The lowest BCUT2D eigenvalue weighted by molar-refractivity contribution is -0.140. The zero-order valence-corrected chi connectivity index (χ0v) is 13.5. The maximum atomic E-state index is 12.1. The SMILES string of the molecule is O=C=Nc1ccccc1Cc1ccccc1NC(=O)OCCC(F)(F)F. The maximum Gasteiger partial charge on any atom is 0.411 e. The number of benzene rings is 2. The summed E-state index contributed by atoms with van der Waals surface area (Å²) in [6.07, 6.45) is -4.74. The van der Waals surface area contributed by atoms with Crippen LogP contribution in [0.1, 0.15) is 17.5 Å². The second kappa shape index (κ2) is 8.82. The molecule has 0 aromatic heterocycles. The van der Waals surface area contributed by atoms with Gasteiger partial charge in [-0.15, -0.1) is 0 Å². The van der Waals surface area contributed by atoms with Crippen LogP contribution in [-0.2, 0) is 16.0 Å². The summed E-state index contributed by atoms with van der Waals surface area (Å²) in [6, 6.07) is 13.7. The molecule has 0 saturated carbocycles. The Morgan fingerprint density at radius 1 is 1.08 bits per heavy atom. The van der Waals surface area contributed by atoms with Crippen molar-refractivity contribution in [2.24, 2.45) is 4.99 Å². The van der Waals surface area contributed by atoms with Gasteiger partial charge >= 0.3 is 12.3 Å². The largest absolute Gasteiger partial charge is 0.449 e. The second-order valence-corrected chi connectivity index (χ2v) is 5.29. The van der Waals surface area contributed by atoms with Gasteiger partial charge in [0.1, 0.15) is 6.61 Å². The molecule has 0 fully saturated rings. The van der Waals surface area contributed by atoms with E-state index in [1.807, 2.05) is 0 Å². The fourth-order valence-electron chi connectivity index (χ4n) is 2.23. The van der Waals surface area contributed by atoms with Gasteiger partial charge < -0.3 is 4.74 Å². The average Bonchev–Trinajstić information content (AvgIpc) is 2.57. The fourth-order valence-corrected chi connectivity index (χ4v) is 2.23. The molecule has 0 aliphatic carbocycles. The van der Waals surface area contributed by atoms with Gasteiger partial charge in [-0.3, -0.25) is 5.32 Å². The number of hydrogen-bond acceptors (Lipinski definition) is 4. The van der Waals surface area contributed by atoms with Crippen LogP contribution in [0.3, 0.4) is 0 Å². The van der Waals surface area contributed by atoms with Crippen LogP contribution >= 0.6 is 0 Å². The van der Waals surface area contributed by atoms with Crippen LogP contribution in [0.15, 0.2) is 53.5 Å². The van der Waals surface area contributed by atoms with Crippen LogP contribution in [-0.4, -0.2) is 25.0 Å². The van der Waals surface area contributed by atoms with E-state index < -0.39 is 25.3 Å². The normalized spacial score (nSPS) is 10.7. The highest BCUT2D eigenvalue weighted by Crippen LogP contribution is 2.25. The Hall–Kier alpha value is -3.12. The first kappa shape index (κ1) is 19.2. The van der Waals surface area contributed by atoms with E-state index in [2.05, 4.69) is 15.0 Å². The molecule has 0 spiro atoms. The number of anilines is 1. The second-order valence-electron chi connectivity index (χ2n) is 5.29. The van der Waals surface area contributed by atoms with E-state index >= 15 is 0 Å². The van der Waals surface area contributed by atoms with Gasteiger partial charge in [0.2, 0.25) is 6.08 Å².